The van der Waals surface area contributed by atoms with Gasteiger partial charge in [0.25, 0.3) is 0 Å². The average Bonchev–Trinajstić information content (AvgIpc) is 3.69. The first kappa shape index (κ1) is 24.8. The number of amides is 3. The van der Waals surface area contributed by atoms with Crippen LogP contribution in [0.15, 0.2) is 36.4 Å². The third-order valence-corrected chi connectivity index (χ3v) is 7.02. The Morgan fingerprint density at radius 2 is 1.77 bits per heavy atom. The summed E-state index contributed by atoms with van der Waals surface area (Å²) in [5.74, 6) is 0.667. The molecule has 1 fully saturated rings. The van der Waals surface area contributed by atoms with E-state index < -0.39 is 12.1 Å². The molecule has 4 rings (SSSR count). The maximum absolute atomic E-state index is 13.7. The van der Waals surface area contributed by atoms with Gasteiger partial charge in [0, 0.05) is 12.6 Å². The third kappa shape index (κ3) is 5.36. The monoisotopic (exact) mass is 483 g/mol. The molecule has 0 bridgehead atoms. The molecular formula is C27H34FN3O4. The summed E-state index contributed by atoms with van der Waals surface area (Å²) in [4.78, 5) is 28.3. The first-order chi connectivity index (χ1) is 16.9. The molecule has 1 aliphatic heterocycles. The van der Waals surface area contributed by atoms with E-state index in [2.05, 4.69) is 10.6 Å². The summed E-state index contributed by atoms with van der Waals surface area (Å²) in [5.41, 5.74) is 2.70. The normalized spacial score (nSPS) is 18.8. The van der Waals surface area contributed by atoms with Crippen molar-refractivity contribution in [3.63, 3.8) is 0 Å². The second kappa shape index (κ2) is 10.5. The number of carbonyl (C=O) groups excluding carboxylic acids is 2. The van der Waals surface area contributed by atoms with Crippen molar-refractivity contribution in [3.8, 4) is 11.5 Å². The molecule has 2 N–H and O–H groups in total. The van der Waals surface area contributed by atoms with Gasteiger partial charge < -0.3 is 25.0 Å². The molecule has 2 aliphatic rings. The van der Waals surface area contributed by atoms with Crippen LogP contribution in [0, 0.1) is 11.7 Å². The van der Waals surface area contributed by atoms with Gasteiger partial charge in [0.05, 0.1) is 20.3 Å². The number of fused-ring (bicyclic) bond motifs is 1. The van der Waals surface area contributed by atoms with Crippen LogP contribution < -0.4 is 20.1 Å². The maximum Gasteiger partial charge on any atom is 0.318 e. The lowest BCUT2D eigenvalue weighted by molar-refractivity contribution is -0.124. The number of nitrogens with zero attached hydrogens (tertiary/aromatic N) is 1. The lowest BCUT2D eigenvalue weighted by Crippen LogP contribution is -2.55. The predicted octanol–water partition coefficient (Wildman–Crippen LogP) is 4.19. The van der Waals surface area contributed by atoms with E-state index in [1.807, 2.05) is 26.0 Å². The Kier molecular flexibility index (Phi) is 7.48. The van der Waals surface area contributed by atoms with Gasteiger partial charge in [-0.05, 0) is 66.1 Å². The summed E-state index contributed by atoms with van der Waals surface area (Å²) < 4.78 is 24.8. The number of benzene rings is 2. The molecule has 0 saturated heterocycles. The van der Waals surface area contributed by atoms with Crippen molar-refractivity contribution in [2.45, 2.75) is 57.7 Å². The van der Waals surface area contributed by atoms with E-state index in [1.165, 1.54) is 12.1 Å². The van der Waals surface area contributed by atoms with Gasteiger partial charge in [0.2, 0.25) is 5.91 Å². The minimum Gasteiger partial charge on any atom is -0.493 e. The van der Waals surface area contributed by atoms with Gasteiger partial charge in [0.15, 0.2) is 11.5 Å². The van der Waals surface area contributed by atoms with Crippen molar-refractivity contribution in [1.29, 1.82) is 0 Å². The molecule has 35 heavy (non-hydrogen) atoms. The van der Waals surface area contributed by atoms with E-state index in [0.29, 0.717) is 24.5 Å². The molecule has 3 amide bonds. The largest absolute Gasteiger partial charge is 0.493 e. The second-order valence-electron chi connectivity index (χ2n) is 9.40. The lowest BCUT2D eigenvalue weighted by atomic mass is 9.87. The van der Waals surface area contributed by atoms with Gasteiger partial charge >= 0.3 is 6.03 Å². The molecule has 1 aliphatic carbocycles. The summed E-state index contributed by atoms with van der Waals surface area (Å²) in [6, 6.07) is 8.78. The molecule has 0 radical (unpaired) electrons. The van der Waals surface area contributed by atoms with Crippen LogP contribution in [0.25, 0.3) is 0 Å². The van der Waals surface area contributed by atoms with Gasteiger partial charge in [-0.3, -0.25) is 4.79 Å². The van der Waals surface area contributed by atoms with E-state index in [1.54, 1.807) is 31.3 Å². The molecule has 1 heterocycles. The topological polar surface area (TPSA) is 79.9 Å². The Morgan fingerprint density at radius 1 is 1.11 bits per heavy atom. The predicted molar refractivity (Wildman–Crippen MR) is 131 cm³/mol. The summed E-state index contributed by atoms with van der Waals surface area (Å²) in [6.07, 6.45) is 3.33. The minimum atomic E-state index is -0.631. The van der Waals surface area contributed by atoms with Gasteiger partial charge in [0.1, 0.15) is 11.9 Å². The van der Waals surface area contributed by atoms with Crippen LogP contribution in [-0.2, 0) is 11.2 Å². The summed E-state index contributed by atoms with van der Waals surface area (Å²) in [7, 11) is 3.16. The first-order valence-electron chi connectivity index (χ1n) is 12.2. The van der Waals surface area contributed by atoms with Crippen LogP contribution in [0.5, 0.6) is 11.5 Å². The quantitative estimate of drug-likeness (QED) is 0.590. The number of methoxy groups -OCH3 is 2. The molecule has 1 saturated carbocycles. The Labute approximate surface area is 206 Å². The molecule has 3 atom stereocenters. The number of ether oxygens (including phenoxy) is 2. The molecule has 2 aromatic rings. The van der Waals surface area contributed by atoms with Crippen molar-refractivity contribution in [3.05, 3.63) is 58.9 Å². The maximum atomic E-state index is 13.7. The molecule has 2 aromatic carbocycles. The fraction of sp³-hybridized carbons (Fsp3) is 0.481. The van der Waals surface area contributed by atoms with Crippen molar-refractivity contribution >= 4 is 11.9 Å². The van der Waals surface area contributed by atoms with Crippen molar-refractivity contribution in [2.75, 3.05) is 20.8 Å². The number of halogens is 1. The van der Waals surface area contributed by atoms with Crippen molar-refractivity contribution in [2.24, 2.45) is 5.92 Å². The van der Waals surface area contributed by atoms with Gasteiger partial charge in [-0.25, -0.2) is 9.18 Å². The van der Waals surface area contributed by atoms with Gasteiger partial charge in [-0.1, -0.05) is 32.4 Å². The summed E-state index contributed by atoms with van der Waals surface area (Å²) in [6.45, 7) is 4.41. The highest BCUT2D eigenvalue weighted by Gasteiger charge is 2.37. The zero-order valence-electron chi connectivity index (χ0n) is 20.8. The molecule has 0 spiro atoms. The zero-order valence-corrected chi connectivity index (χ0v) is 20.8. The van der Waals surface area contributed by atoms with Crippen LogP contribution in [0.3, 0.4) is 0 Å². The smallest absolute Gasteiger partial charge is 0.318 e. The van der Waals surface area contributed by atoms with Crippen LogP contribution in [0.2, 0.25) is 0 Å². The van der Waals surface area contributed by atoms with Crippen LogP contribution >= 0.6 is 0 Å². The lowest BCUT2D eigenvalue weighted by Gasteiger charge is -2.39. The highest BCUT2D eigenvalue weighted by molar-refractivity contribution is 5.88. The van der Waals surface area contributed by atoms with Gasteiger partial charge in [-0.2, -0.15) is 0 Å². The number of urea groups is 1. The summed E-state index contributed by atoms with van der Waals surface area (Å²) >= 11 is 0. The van der Waals surface area contributed by atoms with Crippen LogP contribution in [0.4, 0.5) is 9.18 Å². The fourth-order valence-electron chi connectivity index (χ4n) is 4.61. The molecule has 8 heteroatoms. The van der Waals surface area contributed by atoms with E-state index in [-0.39, 0.29) is 29.7 Å². The highest BCUT2D eigenvalue weighted by atomic mass is 19.1. The van der Waals surface area contributed by atoms with Crippen LogP contribution in [0.1, 0.15) is 55.8 Å². The van der Waals surface area contributed by atoms with Crippen molar-refractivity contribution < 1.29 is 23.5 Å². The molecule has 7 nitrogen and oxygen atoms in total. The Morgan fingerprint density at radius 3 is 2.37 bits per heavy atom. The number of carbonyl (C=O) groups is 2. The number of hydrogen-bond acceptors (Lipinski definition) is 4. The standard InChI is InChI=1S/C27H34FN3O4/c1-5-16(2)24(26(32)29-20-10-11-20)30-27(33)31-13-12-18-14-22(34-3)23(35-4)15-21(18)25(31)17-6-8-19(28)9-7-17/h6-9,14-16,20,24-25H,5,10-13H2,1-4H3,(H,29,32)(H,30,33)/t16?,24-,25?/m1/s1. The Balaban J connectivity index is 1.69. The van der Waals surface area contributed by atoms with E-state index in [9.17, 15) is 14.0 Å². The molecular weight excluding hydrogens is 449 g/mol. The van der Waals surface area contributed by atoms with Gasteiger partial charge in [-0.15, -0.1) is 0 Å². The SMILES string of the molecule is CCC(C)[C@@H](NC(=O)N1CCc2cc(OC)c(OC)cc2C1c1ccc(F)cc1)C(=O)NC1CC1. The Hall–Kier alpha value is -3.29. The summed E-state index contributed by atoms with van der Waals surface area (Å²) in [5, 5.41) is 6.03. The number of nitrogens with one attached hydrogen (secondary N) is 2. The Bertz CT molecular complexity index is 1070. The zero-order chi connectivity index (χ0) is 25.1. The third-order valence-electron chi connectivity index (χ3n) is 7.02. The molecule has 0 aromatic heterocycles. The number of rotatable bonds is 8. The number of hydrogen-bond donors (Lipinski definition) is 2. The van der Waals surface area contributed by atoms with Crippen molar-refractivity contribution in [1.82, 2.24) is 15.5 Å². The first-order valence-corrected chi connectivity index (χ1v) is 12.2. The van der Waals surface area contributed by atoms with E-state index in [4.69, 9.17) is 9.47 Å². The minimum absolute atomic E-state index is 0.0246. The van der Waals surface area contributed by atoms with E-state index in [0.717, 1.165) is 36.0 Å². The fourth-order valence-corrected chi connectivity index (χ4v) is 4.61. The average molecular weight is 484 g/mol. The van der Waals surface area contributed by atoms with Crippen LogP contribution in [-0.4, -0.2) is 49.7 Å². The van der Waals surface area contributed by atoms with E-state index >= 15 is 0 Å². The molecule has 188 valence electrons. The molecule has 2 unspecified atom stereocenters. The highest BCUT2D eigenvalue weighted by Crippen LogP contribution is 2.41. The second-order valence-corrected chi connectivity index (χ2v) is 9.40.